The predicted molar refractivity (Wildman–Crippen MR) is 74.0 cm³/mol. The molecule has 1 aliphatic heterocycles. The van der Waals surface area contributed by atoms with E-state index in [9.17, 15) is 9.90 Å². The van der Waals surface area contributed by atoms with E-state index in [-0.39, 0.29) is 18.1 Å². The number of aromatic hydroxyl groups is 1. The van der Waals surface area contributed by atoms with Crippen molar-refractivity contribution in [3.8, 4) is 5.75 Å². The van der Waals surface area contributed by atoms with Gasteiger partial charge in [0.05, 0.1) is 23.5 Å². The first-order chi connectivity index (χ1) is 9.24. The number of benzene rings is 2. The fourth-order valence-corrected chi connectivity index (χ4v) is 2.08. The summed E-state index contributed by atoms with van der Waals surface area (Å²) in [5.41, 5.74) is 2.56. The largest absolute Gasteiger partial charge is 0.507 e. The van der Waals surface area contributed by atoms with E-state index < -0.39 is 0 Å². The second kappa shape index (κ2) is 4.57. The highest BCUT2D eigenvalue weighted by Crippen LogP contribution is 2.30. The van der Waals surface area contributed by atoms with E-state index in [0.29, 0.717) is 22.6 Å². The van der Waals surface area contributed by atoms with Gasteiger partial charge in [-0.25, -0.2) is 4.99 Å². The smallest absolute Gasteiger partial charge is 0.230 e. The van der Waals surface area contributed by atoms with E-state index in [0.717, 1.165) is 0 Å². The van der Waals surface area contributed by atoms with E-state index in [1.807, 2.05) is 30.3 Å². The van der Waals surface area contributed by atoms with Crippen molar-refractivity contribution in [1.29, 1.82) is 0 Å². The monoisotopic (exact) mass is 252 g/mol. The number of hydrogen-bond donors (Lipinski definition) is 2. The number of para-hydroxylation sites is 3. The SMILES string of the molecule is O=C1CC(c2ccccc2O)=Nc2ccccc2N1. The minimum Gasteiger partial charge on any atom is -0.507 e. The Morgan fingerprint density at radius 2 is 1.79 bits per heavy atom. The van der Waals surface area contributed by atoms with Crippen LogP contribution in [0.1, 0.15) is 12.0 Å². The first kappa shape index (κ1) is 11.5. The van der Waals surface area contributed by atoms with Crippen molar-refractivity contribution in [3.63, 3.8) is 0 Å². The molecule has 94 valence electrons. The van der Waals surface area contributed by atoms with Crippen LogP contribution in [-0.4, -0.2) is 16.7 Å². The van der Waals surface area contributed by atoms with Crippen molar-refractivity contribution in [2.75, 3.05) is 5.32 Å². The van der Waals surface area contributed by atoms with Gasteiger partial charge in [0.1, 0.15) is 5.75 Å². The quantitative estimate of drug-likeness (QED) is 0.819. The zero-order valence-corrected chi connectivity index (χ0v) is 10.1. The maximum Gasteiger partial charge on any atom is 0.230 e. The molecule has 0 spiro atoms. The molecular weight excluding hydrogens is 240 g/mol. The fraction of sp³-hybridized carbons (Fsp3) is 0.0667. The van der Waals surface area contributed by atoms with Gasteiger partial charge in [0.25, 0.3) is 0 Å². The van der Waals surface area contributed by atoms with Gasteiger partial charge in [0.15, 0.2) is 0 Å². The summed E-state index contributed by atoms with van der Waals surface area (Å²) < 4.78 is 0. The lowest BCUT2D eigenvalue weighted by Gasteiger charge is -2.05. The Hall–Kier alpha value is -2.62. The van der Waals surface area contributed by atoms with Crippen molar-refractivity contribution < 1.29 is 9.90 Å². The lowest BCUT2D eigenvalue weighted by Crippen LogP contribution is -2.14. The summed E-state index contributed by atoms with van der Waals surface area (Å²) in [5.74, 6) is 0.000356. The molecule has 1 heterocycles. The topological polar surface area (TPSA) is 61.7 Å². The third kappa shape index (κ3) is 2.20. The molecule has 19 heavy (non-hydrogen) atoms. The van der Waals surface area contributed by atoms with Crippen LogP contribution in [0.15, 0.2) is 53.5 Å². The van der Waals surface area contributed by atoms with E-state index in [2.05, 4.69) is 10.3 Å². The van der Waals surface area contributed by atoms with Crippen molar-refractivity contribution in [2.24, 2.45) is 4.99 Å². The zero-order chi connectivity index (χ0) is 13.2. The summed E-state index contributed by atoms with van der Waals surface area (Å²) in [7, 11) is 0. The van der Waals surface area contributed by atoms with Gasteiger partial charge in [0.2, 0.25) is 5.91 Å². The molecule has 2 aromatic carbocycles. The number of hydrogen-bond acceptors (Lipinski definition) is 3. The normalized spacial score (nSPS) is 14.1. The average molecular weight is 252 g/mol. The molecular formula is C15H12N2O2. The van der Waals surface area contributed by atoms with Gasteiger partial charge >= 0.3 is 0 Å². The molecule has 0 bridgehead atoms. The van der Waals surface area contributed by atoms with Crippen LogP contribution in [0, 0.1) is 0 Å². The lowest BCUT2D eigenvalue weighted by atomic mass is 10.1. The summed E-state index contributed by atoms with van der Waals surface area (Å²) in [4.78, 5) is 16.4. The zero-order valence-electron chi connectivity index (χ0n) is 10.1. The van der Waals surface area contributed by atoms with E-state index in [1.54, 1.807) is 18.2 Å². The summed E-state index contributed by atoms with van der Waals surface area (Å²) in [6, 6.07) is 14.3. The van der Waals surface area contributed by atoms with Gasteiger partial charge in [-0.3, -0.25) is 4.79 Å². The lowest BCUT2D eigenvalue weighted by molar-refractivity contribution is -0.115. The van der Waals surface area contributed by atoms with E-state index in [1.165, 1.54) is 0 Å². The average Bonchev–Trinajstić information content (AvgIpc) is 2.57. The minimum atomic E-state index is -0.132. The molecule has 0 radical (unpaired) electrons. The van der Waals surface area contributed by atoms with Crippen LogP contribution in [-0.2, 0) is 4.79 Å². The number of rotatable bonds is 1. The molecule has 4 heteroatoms. The van der Waals surface area contributed by atoms with Crippen LogP contribution < -0.4 is 5.32 Å². The van der Waals surface area contributed by atoms with Crippen molar-refractivity contribution in [3.05, 3.63) is 54.1 Å². The summed E-state index contributed by atoms with van der Waals surface area (Å²) >= 11 is 0. The number of phenolic OH excluding ortho intramolecular Hbond substituents is 1. The van der Waals surface area contributed by atoms with Crippen molar-refractivity contribution in [1.82, 2.24) is 0 Å². The number of fused-ring (bicyclic) bond motifs is 1. The number of carbonyl (C=O) groups is 1. The molecule has 4 nitrogen and oxygen atoms in total. The van der Waals surface area contributed by atoms with Gasteiger partial charge in [-0.1, -0.05) is 24.3 Å². The molecule has 0 saturated carbocycles. The number of phenols is 1. The molecule has 0 atom stereocenters. The summed E-state index contributed by atoms with van der Waals surface area (Å²) in [5, 5.41) is 12.7. The Balaban J connectivity index is 2.14. The highest BCUT2D eigenvalue weighted by atomic mass is 16.3. The van der Waals surface area contributed by atoms with Crippen LogP contribution >= 0.6 is 0 Å². The molecule has 0 aliphatic carbocycles. The molecule has 0 aromatic heterocycles. The van der Waals surface area contributed by atoms with Gasteiger partial charge < -0.3 is 10.4 Å². The third-order valence-corrected chi connectivity index (χ3v) is 2.98. The molecule has 3 rings (SSSR count). The molecule has 0 saturated heterocycles. The molecule has 1 amide bonds. The Bertz CT molecular complexity index is 677. The van der Waals surface area contributed by atoms with Crippen LogP contribution in [0.4, 0.5) is 11.4 Å². The summed E-state index contributed by atoms with van der Waals surface area (Å²) in [6.45, 7) is 0. The highest BCUT2D eigenvalue weighted by molar-refractivity contribution is 6.17. The molecule has 0 unspecified atom stereocenters. The standard InChI is InChI=1S/C15H12N2O2/c18-14-8-4-1-5-10(14)13-9-15(19)17-12-7-3-2-6-11(12)16-13/h1-8,18H,9H2,(H,17,19). The number of carbonyl (C=O) groups excluding carboxylic acids is 1. The number of anilines is 1. The molecule has 2 aromatic rings. The van der Waals surface area contributed by atoms with Gasteiger partial charge in [-0.15, -0.1) is 0 Å². The maximum absolute atomic E-state index is 11.9. The first-order valence-electron chi connectivity index (χ1n) is 5.99. The number of amides is 1. The summed E-state index contributed by atoms with van der Waals surface area (Å²) in [6.07, 6.45) is 0.145. The first-order valence-corrected chi connectivity index (χ1v) is 5.99. The fourth-order valence-electron chi connectivity index (χ4n) is 2.08. The van der Waals surface area contributed by atoms with E-state index in [4.69, 9.17) is 0 Å². The Labute approximate surface area is 110 Å². The van der Waals surface area contributed by atoms with Crippen LogP contribution in [0.3, 0.4) is 0 Å². The predicted octanol–water partition coefficient (Wildman–Crippen LogP) is 2.86. The van der Waals surface area contributed by atoms with E-state index >= 15 is 0 Å². The second-order valence-corrected chi connectivity index (χ2v) is 4.32. The van der Waals surface area contributed by atoms with Gasteiger partial charge in [-0.05, 0) is 24.3 Å². The number of aliphatic imine (C=N–C) groups is 1. The van der Waals surface area contributed by atoms with Crippen molar-refractivity contribution in [2.45, 2.75) is 6.42 Å². The minimum absolute atomic E-state index is 0.132. The molecule has 1 aliphatic rings. The number of nitrogens with zero attached hydrogens (tertiary/aromatic N) is 1. The van der Waals surface area contributed by atoms with Crippen LogP contribution in [0.2, 0.25) is 0 Å². The molecule has 0 fully saturated rings. The third-order valence-electron chi connectivity index (χ3n) is 2.98. The van der Waals surface area contributed by atoms with Crippen LogP contribution in [0.25, 0.3) is 0 Å². The number of nitrogens with one attached hydrogen (secondary N) is 1. The second-order valence-electron chi connectivity index (χ2n) is 4.32. The van der Waals surface area contributed by atoms with Gasteiger partial charge in [0, 0.05) is 5.56 Å². The Morgan fingerprint density at radius 1 is 1.05 bits per heavy atom. The Kier molecular flexibility index (Phi) is 2.76. The van der Waals surface area contributed by atoms with Gasteiger partial charge in [-0.2, -0.15) is 0 Å². The maximum atomic E-state index is 11.9. The molecule has 2 N–H and O–H groups in total. The Morgan fingerprint density at radius 3 is 2.63 bits per heavy atom. The van der Waals surface area contributed by atoms with Crippen LogP contribution in [0.5, 0.6) is 5.75 Å². The van der Waals surface area contributed by atoms with Crippen molar-refractivity contribution >= 4 is 23.0 Å². The highest BCUT2D eigenvalue weighted by Gasteiger charge is 2.18.